The van der Waals surface area contributed by atoms with Crippen LogP contribution in [0.2, 0.25) is 0 Å². The highest BCUT2D eigenvalue weighted by Crippen LogP contribution is 2.14. The van der Waals surface area contributed by atoms with Gasteiger partial charge in [-0.1, -0.05) is 19.4 Å². The monoisotopic (exact) mass is 272 g/mol. The molecule has 106 valence electrons. The predicted octanol–water partition coefficient (Wildman–Crippen LogP) is 2.33. The summed E-state index contributed by atoms with van der Waals surface area (Å²) in [6, 6.07) is 9.35. The van der Waals surface area contributed by atoms with Gasteiger partial charge in [0.1, 0.15) is 0 Å². The van der Waals surface area contributed by atoms with Crippen molar-refractivity contribution in [3.8, 4) is 5.69 Å². The van der Waals surface area contributed by atoms with Crippen LogP contribution >= 0.6 is 0 Å². The molecule has 0 aliphatic heterocycles. The minimum Gasteiger partial charge on any atom is -0.327 e. The topological polar surface area (TPSA) is 72.9 Å². The van der Waals surface area contributed by atoms with Gasteiger partial charge < -0.3 is 11.1 Å². The van der Waals surface area contributed by atoms with E-state index < -0.39 is 0 Å². The molecule has 0 fully saturated rings. The summed E-state index contributed by atoms with van der Waals surface area (Å²) in [5.41, 5.74) is 7.54. The maximum atomic E-state index is 11.9. The van der Waals surface area contributed by atoms with Crippen LogP contribution in [0, 0.1) is 0 Å². The van der Waals surface area contributed by atoms with Crippen molar-refractivity contribution >= 4 is 11.6 Å². The van der Waals surface area contributed by atoms with E-state index >= 15 is 0 Å². The summed E-state index contributed by atoms with van der Waals surface area (Å²) < 4.78 is 1.75. The fourth-order valence-corrected chi connectivity index (χ4v) is 2.07. The van der Waals surface area contributed by atoms with Crippen LogP contribution in [-0.4, -0.2) is 21.7 Å². The van der Waals surface area contributed by atoms with Crippen molar-refractivity contribution < 1.29 is 4.79 Å². The molecular formula is C15H20N4O. The normalized spacial score (nSPS) is 12.1. The minimum absolute atomic E-state index is 0.0523. The van der Waals surface area contributed by atoms with E-state index in [1.807, 2.05) is 36.5 Å². The largest absolute Gasteiger partial charge is 0.327 e. The smallest absolute Gasteiger partial charge is 0.225 e. The highest BCUT2D eigenvalue weighted by Gasteiger charge is 2.09. The quantitative estimate of drug-likeness (QED) is 0.847. The molecule has 0 aliphatic carbocycles. The zero-order chi connectivity index (χ0) is 14.4. The van der Waals surface area contributed by atoms with Crippen LogP contribution in [0.3, 0.4) is 0 Å². The van der Waals surface area contributed by atoms with Crippen LogP contribution in [-0.2, 0) is 4.79 Å². The standard InChI is InChI=1S/C15H20N4O/c1-2-5-12(16)10-15(20)18-13-6-3-7-14(11-13)19-9-4-8-17-19/h3-4,6-9,11-12H,2,5,10,16H2,1H3,(H,18,20). The Hall–Kier alpha value is -2.14. The highest BCUT2D eigenvalue weighted by molar-refractivity contribution is 5.91. The zero-order valence-electron chi connectivity index (χ0n) is 11.6. The average Bonchev–Trinajstić information content (AvgIpc) is 2.92. The number of hydrogen-bond donors (Lipinski definition) is 2. The molecule has 2 aromatic rings. The number of anilines is 1. The Kier molecular flexibility index (Phi) is 4.90. The number of benzene rings is 1. The van der Waals surface area contributed by atoms with Gasteiger partial charge >= 0.3 is 0 Å². The SMILES string of the molecule is CCCC(N)CC(=O)Nc1cccc(-n2cccn2)c1. The number of hydrogen-bond acceptors (Lipinski definition) is 3. The molecule has 5 heteroatoms. The lowest BCUT2D eigenvalue weighted by molar-refractivity contribution is -0.116. The maximum Gasteiger partial charge on any atom is 0.225 e. The van der Waals surface area contributed by atoms with E-state index in [2.05, 4.69) is 17.3 Å². The number of carbonyl (C=O) groups excluding carboxylic acids is 1. The summed E-state index contributed by atoms with van der Waals surface area (Å²) in [6.45, 7) is 2.06. The predicted molar refractivity (Wildman–Crippen MR) is 79.7 cm³/mol. The minimum atomic E-state index is -0.0747. The van der Waals surface area contributed by atoms with E-state index in [-0.39, 0.29) is 11.9 Å². The van der Waals surface area contributed by atoms with Gasteiger partial charge in [0.05, 0.1) is 5.69 Å². The van der Waals surface area contributed by atoms with Crippen LogP contribution in [0.4, 0.5) is 5.69 Å². The van der Waals surface area contributed by atoms with Crippen molar-refractivity contribution in [2.45, 2.75) is 32.2 Å². The summed E-state index contributed by atoms with van der Waals surface area (Å²) >= 11 is 0. The third-order valence-corrected chi connectivity index (χ3v) is 3.01. The fourth-order valence-electron chi connectivity index (χ4n) is 2.07. The van der Waals surface area contributed by atoms with Crippen LogP contribution in [0.5, 0.6) is 0 Å². The Labute approximate surface area is 118 Å². The molecule has 1 aromatic carbocycles. The molecule has 1 unspecified atom stereocenters. The third-order valence-electron chi connectivity index (χ3n) is 3.01. The summed E-state index contributed by atoms with van der Waals surface area (Å²) in [7, 11) is 0. The molecule has 5 nitrogen and oxygen atoms in total. The fraction of sp³-hybridized carbons (Fsp3) is 0.333. The first kappa shape index (κ1) is 14.3. The van der Waals surface area contributed by atoms with Crippen molar-refractivity contribution in [3.05, 3.63) is 42.7 Å². The first-order valence-electron chi connectivity index (χ1n) is 6.84. The Bertz CT molecular complexity index is 551. The molecule has 0 bridgehead atoms. The average molecular weight is 272 g/mol. The van der Waals surface area contributed by atoms with Gasteiger partial charge in [0.15, 0.2) is 0 Å². The van der Waals surface area contributed by atoms with Crippen molar-refractivity contribution in [2.24, 2.45) is 5.73 Å². The lowest BCUT2D eigenvalue weighted by Crippen LogP contribution is -2.26. The lowest BCUT2D eigenvalue weighted by atomic mass is 10.1. The van der Waals surface area contributed by atoms with E-state index in [1.165, 1.54) is 0 Å². The van der Waals surface area contributed by atoms with E-state index in [0.29, 0.717) is 6.42 Å². The van der Waals surface area contributed by atoms with Gasteiger partial charge in [0.2, 0.25) is 5.91 Å². The number of nitrogens with two attached hydrogens (primary N) is 1. The molecule has 0 spiro atoms. The van der Waals surface area contributed by atoms with E-state index in [0.717, 1.165) is 24.2 Å². The van der Waals surface area contributed by atoms with Gasteiger partial charge in [-0.25, -0.2) is 4.68 Å². The van der Waals surface area contributed by atoms with E-state index in [4.69, 9.17) is 5.73 Å². The van der Waals surface area contributed by atoms with Crippen LogP contribution in [0.15, 0.2) is 42.7 Å². The van der Waals surface area contributed by atoms with Crippen molar-refractivity contribution in [2.75, 3.05) is 5.32 Å². The number of nitrogens with one attached hydrogen (secondary N) is 1. The van der Waals surface area contributed by atoms with Crippen molar-refractivity contribution in [3.63, 3.8) is 0 Å². The maximum absolute atomic E-state index is 11.9. The Morgan fingerprint density at radius 3 is 3.00 bits per heavy atom. The molecule has 3 N–H and O–H groups in total. The molecule has 20 heavy (non-hydrogen) atoms. The second-order valence-electron chi connectivity index (χ2n) is 4.80. The number of nitrogens with zero attached hydrogens (tertiary/aromatic N) is 2. The number of aromatic nitrogens is 2. The van der Waals surface area contributed by atoms with Gasteiger partial charge in [0.25, 0.3) is 0 Å². The second kappa shape index (κ2) is 6.86. The Balaban J connectivity index is 1.99. The molecular weight excluding hydrogens is 252 g/mol. The lowest BCUT2D eigenvalue weighted by Gasteiger charge is -2.11. The first-order chi connectivity index (χ1) is 9.69. The van der Waals surface area contributed by atoms with Crippen LogP contribution < -0.4 is 11.1 Å². The third kappa shape index (κ3) is 3.93. The van der Waals surface area contributed by atoms with Crippen LogP contribution in [0.1, 0.15) is 26.2 Å². The number of amides is 1. The molecule has 0 aliphatic rings. The van der Waals surface area contributed by atoms with Gasteiger partial charge in [-0.15, -0.1) is 0 Å². The van der Waals surface area contributed by atoms with Gasteiger partial charge in [0, 0.05) is 30.5 Å². The van der Waals surface area contributed by atoms with E-state index in [9.17, 15) is 4.79 Å². The molecule has 0 saturated heterocycles. The van der Waals surface area contributed by atoms with Gasteiger partial charge in [-0.05, 0) is 30.7 Å². The summed E-state index contributed by atoms with van der Waals surface area (Å²) in [5, 5.41) is 7.04. The first-order valence-corrected chi connectivity index (χ1v) is 6.84. The number of carbonyl (C=O) groups is 1. The Morgan fingerprint density at radius 2 is 2.30 bits per heavy atom. The summed E-state index contributed by atoms with van der Waals surface area (Å²) in [5.74, 6) is -0.0523. The van der Waals surface area contributed by atoms with Crippen molar-refractivity contribution in [1.82, 2.24) is 9.78 Å². The van der Waals surface area contributed by atoms with Gasteiger partial charge in [-0.2, -0.15) is 5.10 Å². The number of rotatable bonds is 6. The summed E-state index contributed by atoms with van der Waals surface area (Å²) in [4.78, 5) is 11.9. The molecule has 1 atom stereocenters. The molecule has 1 amide bonds. The Morgan fingerprint density at radius 1 is 1.45 bits per heavy atom. The highest BCUT2D eigenvalue weighted by atomic mass is 16.1. The summed E-state index contributed by atoms with van der Waals surface area (Å²) in [6.07, 6.45) is 5.77. The molecule has 1 heterocycles. The van der Waals surface area contributed by atoms with Crippen LogP contribution in [0.25, 0.3) is 5.69 Å². The zero-order valence-corrected chi connectivity index (χ0v) is 11.6. The molecule has 0 radical (unpaired) electrons. The second-order valence-corrected chi connectivity index (χ2v) is 4.80. The van der Waals surface area contributed by atoms with E-state index in [1.54, 1.807) is 10.9 Å². The van der Waals surface area contributed by atoms with Gasteiger partial charge in [-0.3, -0.25) is 4.79 Å². The van der Waals surface area contributed by atoms with Crippen molar-refractivity contribution in [1.29, 1.82) is 0 Å². The molecule has 1 aromatic heterocycles. The molecule has 2 rings (SSSR count). The molecule has 0 saturated carbocycles.